The number of benzene rings is 2. The van der Waals surface area contributed by atoms with Gasteiger partial charge in [0.25, 0.3) is 5.56 Å². The van der Waals surface area contributed by atoms with Crippen molar-refractivity contribution in [2.75, 3.05) is 16.8 Å². The average molecular weight is 466 g/mol. The Morgan fingerprint density at radius 2 is 1.83 bits per heavy atom. The van der Waals surface area contributed by atoms with E-state index in [4.69, 9.17) is 11.5 Å². The van der Waals surface area contributed by atoms with Crippen LogP contribution in [0.3, 0.4) is 0 Å². The third-order valence-corrected chi connectivity index (χ3v) is 5.12. The van der Waals surface area contributed by atoms with Crippen LogP contribution in [-0.2, 0) is 0 Å². The molecule has 0 bridgehead atoms. The van der Waals surface area contributed by atoms with E-state index in [1.165, 1.54) is 12.1 Å². The first kappa shape index (κ1) is 22.6. The normalized spacial score (nSPS) is 11.3. The first-order chi connectivity index (χ1) is 16.8. The van der Waals surface area contributed by atoms with Gasteiger partial charge in [-0.1, -0.05) is 6.07 Å². The molecule has 1 unspecified atom stereocenters. The van der Waals surface area contributed by atoms with Crippen molar-refractivity contribution in [3.63, 3.8) is 0 Å². The van der Waals surface area contributed by atoms with Gasteiger partial charge in [0.2, 0.25) is 5.95 Å². The molecule has 0 fully saturated rings. The highest BCUT2D eigenvalue weighted by Gasteiger charge is 2.22. The minimum atomic E-state index is -0.813. The highest BCUT2D eigenvalue weighted by molar-refractivity contribution is 5.84. The fourth-order valence-electron chi connectivity index (χ4n) is 3.63. The minimum absolute atomic E-state index is 0.00799. The van der Waals surface area contributed by atoms with Crippen molar-refractivity contribution in [1.82, 2.24) is 19.5 Å². The number of fused-ring (bicyclic) bond motifs is 1. The second-order valence-corrected chi connectivity index (χ2v) is 7.40. The van der Waals surface area contributed by atoms with Crippen LogP contribution in [0.1, 0.15) is 35.5 Å². The Morgan fingerprint density at radius 1 is 1.06 bits per heavy atom. The third kappa shape index (κ3) is 4.01. The Morgan fingerprint density at radius 3 is 2.51 bits per heavy atom. The molecule has 0 radical (unpaired) electrons. The summed E-state index contributed by atoms with van der Waals surface area (Å²) in [6, 6.07) is 12.9. The molecule has 4 rings (SSSR count). The predicted octanol–water partition coefficient (Wildman–Crippen LogP) is 2.27. The van der Waals surface area contributed by atoms with Gasteiger partial charge in [-0.3, -0.25) is 9.36 Å². The predicted molar refractivity (Wildman–Crippen MR) is 124 cm³/mol. The largest absolute Gasteiger partial charge is 0.382 e. The molecule has 0 saturated carbocycles. The molecule has 2 heterocycles. The van der Waals surface area contributed by atoms with E-state index in [0.29, 0.717) is 0 Å². The molecule has 1 atom stereocenters. The van der Waals surface area contributed by atoms with Crippen molar-refractivity contribution < 1.29 is 4.39 Å². The Labute approximate surface area is 197 Å². The zero-order chi connectivity index (χ0) is 25.3. The van der Waals surface area contributed by atoms with Gasteiger partial charge in [0.1, 0.15) is 35.2 Å². The van der Waals surface area contributed by atoms with Crippen LogP contribution in [0, 0.1) is 39.8 Å². The second kappa shape index (κ2) is 8.77. The standard InChI is InChI=1S/C23H15FN10O/c1-11(30-20-16(10-27)19(28)32-23(29)33-20)21-31-17-4-2-3-13(9-26)18(17)22(35)34(21)15-6-12(8-25)5-14(24)7-15/h2-7,11H,1H3,(H5,28,29,30,32,33). The monoisotopic (exact) mass is 466 g/mol. The first-order valence-electron chi connectivity index (χ1n) is 10.0. The van der Waals surface area contributed by atoms with Crippen molar-refractivity contribution in [1.29, 1.82) is 15.8 Å². The SMILES string of the molecule is CC(Nc1nc(N)nc(N)c1C#N)c1nc2cccc(C#N)c2c(=O)n1-c1cc(F)cc(C#N)c1. The van der Waals surface area contributed by atoms with Crippen LogP contribution in [-0.4, -0.2) is 19.5 Å². The maximum absolute atomic E-state index is 14.3. The van der Waals surface area contributed by atoms with Crippen LogP contribution in [0.5, 0.6) is 0 Å². The first-order valence-corrected chi connectivity index (χ1v) is 10.0. The number of aromatic nitrogens is 4. The lowest BCUT2D eigenvalue weighted by Crippen LogP contribution is -2.28. The molecule has 2 aromatic carbocycles. The number of hydrogen-bond donors (Lipinski definition) is 3. The van der Waals surface area contributed by atoms with Gasteiger partial charge < -0.3 is 16.8 Å². The second-order valence-electron chi connectivity index (χ2n) is 7.40. The van der Waals surface area contributed by atoms with E-state index in [2.05, 4.69) is 20.3 Å². The van der Waals surface area contributed by atoms with E-state index in [1.54, 1.807) is 19.1 Å². The average Bonchev–Trinajstić information content (AvgIpc) is 2.82. The van der Waals surface area contributed by atoms with Crippen LogP contribution in [0.4, 0.5) is 22.0 Å². The van der Waals surface area contributed by atoms with Crippen molar-refractivity contribution in [2.24, 2.45) is 0 Å². The fourth-order valence-corrected chi connectivity index (χ4v) is 3.63. The molecule has 0 aliphatic carbocycles. The number of nitrogen functional groups attached to an aromatic ring is 2. The zero-order valence-corrected chi connectivity index (χ0v) is 18.1. The van der Waals surface area contributed by atoms with Gasteiger partial charge in [-0.05, 0) is 37.3 Å². The molecule has 4 aromatic rings. The highest BCUT2D eigenvalue weighted by atomic mass is 19.1. The summed E-state index contributed by atoms with van der Waals surface area (Å²) >= 11 is 0. The number of nitriles is 3. The highest BCUT2D eigenvalue weighted by Crippen LogP contribution is 2.26. The maximum atomic E-state index is 14.3. The van der Waals surface area contributed by atoms with Gasteiger partial charge in [-0.15, -0.1) is 0 Å². The molecule has 0 aliphatic heterocycles. The molecule has 0 amide bonds. The Kier molecular flexibility index (Phi) is 5.68. The summed E-state index contributed by atoms with van der Waals surface area (Å²) in [7, 11) is 0. The molecule has 12 heteroatoms. The van der Waals surface area contributed by atoms with Gasteiger partial charge >= 0.3 is 0 Å². The van der Waals surface area contributed by atoms with E-state index >= 15 is 0 Å². The van der Waals surface area contributed by atoms with E-state index in [0.717, 1.165) is 16.7 Å². The summed E-state index contributed by atoms with van der Waals surface area (Å²) in [4.78, 5) is 26.0. The Balaban J connectivity index is 2.02. The number of nitrogens with one attached hydrogen (secondary N) is 1. The van der Waals surface area contributed by atoms with E-state index < -0.39 is 17.4 Å². The van der Waals surface area contributed by atoms with E-state index in [9.17, 15) is 25.0 Å². The van der Waals surface area contributed by atoms with Crippen LogP contribution in [0.25, 0.3) is 16.6 Å². The lowest BCUT2D eigenvalue weighted by molar-refractivity contribution is 0.624. The van der Waals surface area contributed by atoms with Gasteiger partial charge in [-0.2, -0.15) is 25.8 Å². The summed E-state index contributed by atoms with van der Waals surface area (Å²) < 4.78 is 15.4. The lowest BCUT2D eigenvalue weighted by Gasteiger charge is -2.21. The molecule has 35 heavy (non-hydrogen) atoms. The number of hydrogen-bond acceptors (Lipinski definition) is 10. The fraction of sp³-hybridized carbons (Fsp3) is 0.0870. The topological polar surface area (TPSA) is 196 Å². The molecule has 11 nitrogen and oxygen atoms in total. The molecule has 5 N–H and O–H groups in total. The van der Waals surface area contributed by atoms with Crippen molar-refractivity contribution in [3.05, 3.63) is 75.1 Å². The summed E-state index contributed by atoms with van der Waals surface area (Å²) in [5.74, 6) is -0.960. The molecular formula is C23H15FN10O. The summed E-state index contributed by atoms with van der Waals surface area (Å²) in [6.07, 6.45) is 0. The third-order valence-electron chi connectivity index (χ3n) is 5.12. The van der Waals surface area contributed by atoms with Crippen LogP contribution in [0.15, 0.2) is 41.2 Å². The number of halogens is 1. The van der Waals surface area contributed by atoms with Crippen molar-refractivity contribution >= 4 is 28.5 Å². The smallest absolute Gasteiger partial charge is 0.267 e. The molecule has 0 saturated heterocycles. The quantitative estimate of drug-likeness (QED) is 0.401. The molecule has 0 spiro atoms. The summed E-state index contributed by atoms with van der Waals surface area (Å²) in [5.41, 5.74) is 11.1. The molecule has 0 aliphatic rings. The number of rotatable bonds is 4. The Hall–Kier alpha value is -5.54. The van der Waals surface area contributed by atoms with Crippen LogP contribution < -0.4 is 22.3 Å². The minimum Gasteiger partial charge on any atom is -0.382 e. The van der Waals surface area contributed by atoms with Crippen LogP contribution >= 0.6 is 0 Å². The van der Waals surface area contributed by atoms with Crippen molar-refractivity contribution in [2.45, 2.75) is 13.0 Å². The van der Waals surface area contributed by atoms with Crippen molar-refractivity contribution in [3.8, 4) is 23.9 Å². The molecular weight excluding hydrogens is 451 g/mol. The van der Waals surface area contributed by atoms with Gasteiger partial charge in [0.05, 0.1) is 39.8 Å². The van der Waals surface area contributed by atoms with Gasteiger partial charge in [0.15, 0.2) is 5.82 Å². The zero-order valence-electron chi connectivity index (χ0n) is 18.1. The maximum Gasteiger partial charge on any atom is 0.267 e. The summed E-state index contributed by atoms with van der Waals surface area (Å²) in [5, 5.41) is 31.3. The van der Waals surface area contributed by atoms with Gasteiger partial charge in [-0.25, -0.2) is 9.37 Å². The number of nitrogens with two attached hydrogens (primary N) is 2. The molecule has 2 aromatic heterocycles. The summed E-state index contributed by atoms with van der Waals surface area (Å²) in [6.45, 7) is 1.62. The Bertz CT molecular complexity index is 1690. The van der Waals surface area contributed by atoms with E-state index in [-0.39, 0.29) is 56.7 Å². The number of anilines is 3. The van der Waals surface area contributed by atoms with Crippen LogP contribution in [0.2, 0.25) is 0 Å². The number of nitrogens with zero attached hydrogens (tertiary/aromatic N) is 7. The lowest BCUT2D eigenvalue weighted by atomic mass is 10.1. The van der Waals surface area contributed by atoms with Gasteiger partial charge in [0, 0.05) is 0 Å². The molecule has 170 valence electrons. The van der Waals surface area contributed by atoms with E-state index in [1.807, 2.05) is 18.2 Å².